The van der Waals surface area contributed by atoms with E-state index in [2.05, 4.69) is 10.5 Å². The topological polar surface area (TPSA) is 64.4 Å². The number of nitrogens with zero attached hydrogens (tertiary/aromatic N) is 1. The first kappa shape index (κ1) is 15.7. The lowest BCUT2D eigenvalue weighted by Gasteiger charge is -2.22. The van der Waals surface area contributed by atoms with Gasteiger partial charge in [0, 0.05) is 10.6 Å². The summed E-state index contributed by atoms with van der Waals surface area (Å²) in [6, 6.07) is 4.52. The molecular formula is C14H10ClF3N2O3. The molecule has 3 rings (SSSR count). The lowest BCUT2D eigenvalue weighted by molar-refractivity contribution is -0.142. The fourth-order valence-electron chi connectivity index (χ4n) is 2.60. The van der Waals surface area contributed by atoms with Gasteiger partial charge < -0.3 is 14.6 Å². The van der Waals surface area contributed by atoms with Gasteiger partial charge in [-0.2, -0.15) is 13.2 Å². The predicted molar refractivity (Wildman–Crippen MR) is 74.6 cm³/mol. The van der Waals surface area contributed by atoms with E-state index in [0.717, 1.165) is 0 Å². The molecule has 0 fully saturated rings. The summed E-state index contributed by atoms with van der Waals surface area (Å²) in [7, 11) is 1.38. The van der Waals surface area contributed by atoms with Gasteiger partial charge in [0.05, 0.1) is 7.11 Å². The highest BCUT2D eigenvalue weighted by molar-refractivity contribution is 6.30. The van der Waals surface area contributed by atoms with Crippen LogP contribution in [0, 0.1) is 0 Å². The summed E-state index contributed by atoms with van der Waals surface area (Å²) in [6.45, 7) is 1.42. The molecule has 0 saturated heterocycles. The molecule has 0 aliphatic carbocycles. The van der Waals surface area contributed by atoms with E-state index in [1.165, 1.54) is 26.2 Å². The maximum Gasteiger partial charge on any atom is 0.438 e. The molecule has 1 atom stereocenters. The number of aromatic nitrogens is 1. The number of alkyl halides is 3. The van der Waals surface area contributed by atoms with Crippen LogP contribution in [0.1, 0.15) is 23.9 Å². The largest absolute Gasteiger partial charge is 0.496 e. The zero-order chi connectivity index (χ0) is 17.0. The molecule has 1 aliphatic heterocycles. The second kappa shape index (κ2) is 4.89. The highest BCUT2D eigenvalue weighted by atomic mass is 35.5. The predicted octanol–water partition coefficient (Wildman–Crippen LogP) is 3.61. The Balaban J connectivity index is 2.24. The number of nitrogens with one attached hydrogen (secondary N) is 1. The fraction of sp³-hybridized carbons (Fsp3) is 0.286. The van der Waals surface area contributed by atoms with Crippen LogP contribution in [-0.4, -0.2) is 18.2 Å². The maximum absolute atomic E-state index is 12.9. The summed E-state index contributed by atoms with van der Waals surface area (Å²) in [4.78, 5) is 12.4. The Morgan fingerprint density at radius 2 is 2.09 bits per heavy atom. The molecule has 1 aromatic heterocycles. The van der Waals surface area contributed by atoms with Gasteiger partial charge in [-0.15, -0.1) is 0 Å². The number of hydrogen-bond donors (Lipinski definition) is 1. The maximum atomic E-state index is 12.9. The van der Waals surface area contributed by atoms with Crippen molar-refractivity contribution in [3.63, 3.8) is 0 Å². The van der Waals surface area contributed by atoms with Gasteiger partial charge in [0.1, 0.15) is 16.9 Å². The van der Waals surface area contributed by atoms with E-state index in [1.54, 1.807) is 6.07 Å². The standard InChI is InChI=1S/C14H10ClF3N2O3/c1-13(7-5-6(15)3-4-8(7)22-2)11-9(19-12(13)21)10(20-23-11)14(16,17)18/h3-5H,1-2H3,(H,19,21)/t13-/m0/s1. The first-order valence-electron chi connectivity index (χ1n) is 6.42. The molecule has 2 heterocycles. The molecule has 5 nitrogen and oxygen atoms in total. The third-order valence-corrected chi connectivity index (χ3v) is 4.04. The second-order valence-corrected chi connectivity index (χ2v) is 5.59. The molecule has 2 aromatic rings. The SMILES string of the molecule is COc1ccc(Cl)cc1[C@]1(C)C(=O)Nc2c(C(F)(F)F)noc21. The quantitative estimate of drug-likeness (QED) is 0.902. The van der Waals surface area contributed by atoms with Crippen molar-refractivity contribution >= 4 is 23.2 Å². The number of methoxy groups -OCH3 is 1. The van der Waals surface area contributed by atoms with Gasteiger partial charge in [-0.05, 0) is 25.1 Å². The van der Waals surface area contributed by atoms with Crippen molar-refractivity contribution in [2.75, 3.05) is 12.4 Å². The highest BCUT2D eigenvalue weighted by Gasteiger charge is 2.54. The molecule has 122 valence electrons. The van der Waals surface area contributed by atoms with Crippen LogP contribution in [0.4, 0.5) is 18.9 Å². The van der Waals surface area contributed by atoms with Crippen LogP contribution >= 0.6 is 11.6 Å². The minimum Gasteiger partial charge on any atom is -0.496 e. The van der Waals surface area contributed by atoms with Crippen molar-refractivity contribution in [3.8, 4) is 5.75 Å². The van der Waals surface area contributed by atoms with Crippen LogP contribution in [0.5, 0.6) is 5.75 Å². The minimum atomic E-state index is -4.74. The highest BCUT2D eigenvalue weighted by Crippen LogP contribution is 2.50. The summed E-state index contributed by atoms with van der Waals surface area (Å²) in [5.41, 5.74) is -3.01. The molecular weight excluding hydrogens is 337 g/mol. The number of fused-ring (bicyclic) bond motifs is 1. The smallest absolute Gasteiger partial charge is 0.438 e. The Labute approximate surface area is 133 Å². The van der Waals surface area contributed by atoms with Gasteiger partial charge in [0.25, 0.3) is 0 Å². The molecule has 1 aliphatic rings. The number of rotatable bonds is 2. The van der Waals surface area contributed by atoms with Crippen molar-refractivity contribution in [3.05, 3.63) is 40.2 Å². The van der Waals surface area contributed by atoms with E-state index in [1.807, 2.05) is 0 Å². The van der Waals surface area contributed by atoms with Crippen LogP contribution in [0.15, 0.2) is 22.7 Å². The van der Waals surface area contributed by atoms with E-state index in [-0.39, 0.29) is 11.3 Å². The molecule has 1 amide bonds. The number of anilines is 1. The summed E-state index contributed by atoms with van der Waals surface area (Å²) in [5.74, 6) is -0.611. The van der Waals surface area contributed by atoms with Crippen molar-refractivity contribution in [2.45, 2.75) is 18.5 Å². The monoisotopic (exact) mass is 346 g/mol. The average molecular weight is 347 g/mol. The number of carbonyl (C=O) groups excluding carboxylic acids is 1. The number of carbonyl (C=O) groups is 1. The summed E-state index contributed by atoms with van der Waals surface area (Å²) < 4.78 is 48.9. The van der Waals surface area contributed by atoms with Gasteiger partial charge in [0.15, 0.2) is 5.76 Å². The Kier molecular flexibility index (Phi) is 3.33. The molecule has 9 heteroatoms. The summed E-state index contributed by atoms with van der Waals surface area (Å²) in [6.07, 6.45) is -4.74. The van der Waals surface area contributed by atoms with Gasteiger partial charge in [-0.3, -0.25) is 4.79 Å². The van der Waals surface area contributed by atoms with Crippen LogP contribution in [0.3, 0.4) is 0 Å². The lowest BCUT2D eigenvalue weighted by atomic mass is 9.80. The Morgan fingerprint density at radius 1 is 1.39 bits per heavy atom. The third-order valence-electron chi connectivity index (χ3n) is 3.81. The molecule has 0 radical (unpaired) electrons. The van der Waals surface area contributed by atoms with Crippen LogP contribution < -0.4 is 10.1 Å². The van der Waals surface area contributed by atoms with Gasteiger partial charge in [-0.1, -0.05) is 16.8 Å². The normalized spacial score (nSPS) is 20.3. The number of hydrogen-bond acceptors (Lipinski definition) is 4. The molecule has 0 saturated carbocycles. The molecule has 0 bridgehead atoms. The zero-order valence-corrected chi connectivity index (χ0v) is 12.7. The van der Waals surface area contributed by atoms with Crippen molar-refractivity contribution in [1.29, 1.82) is 0 Å². The Bertz CT molecular complexity index is 803. The van der Waals surface area contributed by atoms with Crippen LogP contribution in [-0.2, 0) is 16.4 Å². The molecule has 23 heavy (non-hydrogen) atoms. The Hall–Kier alpha value is -2.22. The lowest BCUT2D eigenvalue weighted by Crippen LogP contribution is -2.33. The fourth-order valence-corrected chi connectivity index (χ4v) is 2.77. The minimum absolute atomic E-state index is 0.226. The summed E-state index contributed by atoms with van der Waals surface area (Å²) in [5, 5.41) is 5.56. The first-order chi connectivity index (χ1) is 10.7. The van der Waals surface area contributed by atoms with Crippen molar-refractivity contribution in [1.82, 2.24) is 5.16 Å². The van der Waals surface area contributed by atoms with E-state index < -0.39 is 28.9 Å². The molecule has 0 unspecified atom stereocenters. The summed E-state index contributed by atoms with van der Waals surface area (Å²) >= 11 is 5.95. The first-order valence-corrected chi connectivity index (χ1v) is 6.80. The molecule has 1 N–H and O–H groups in total. The molecule has 1 aromatic carbocycles. The van der Waals surface area contributed by atoms with Crippen LogP contribution in [0.2, 0.25) is 5.02 Å². The van der Waals surface area contributed by atoms with E-state index >= 15 is 0 Å². The number of ether oxygens (including phenoxy) is 1. The number of amides is 1. The third kappa shape index (κ3) is 2.16. The second-order valence-electron chi connectivity index (χ2n) is 5.16. The van der Waals surface area contributed by atoms with Gasteiger partial charge in [0.2, 0.25) is 11.6 Å². The number of benzene rings is 1. The van der Waals surface area contributed by atoms with Crippen LogP contribution in [0.25, 0.3) is 0 Å². The van der Waals surface area contributed by atoms with E-state index in [4.69, 9.17) is 20.9 Å². The average Bonchev–Trinajstić information content (AvgIpc) is 2.99. The number of halogens is 4. The van der Waals surface area contributed by atoms with E-state index in [9.17, 15) is 18.0 Å². The zero-order valence-electron chi connectivity index (χ0n) is 11.9. The van der Waals surface area contributed by atoms with Crippen molar-refractivity contribution in [2.24, 2.45) is 0 Å². The Morgan fingerprint density at radius 3 is 2.70 bits per heavy atom. The van der Waals surface area contributed by atoms with Gasteiger partial charge in [-0.25, -0.2) is 0 Å². The van der Waals surface area contributed by atoms with Crippen molar-refractivity contribution < 1.29 is 27.2 Å². The van der Waals surface area contributed by atoms with E-state index in [0.29, 0.717) is 10.8 Å². The molecule has 0 spiro atoms. The van der Waals surface area contributed by atoms with Gasteiger partial charge >= 0.3 is 6.18 Å².